The maximum atomic E-state index is 13.1. The molecule has 0 spiro atoms. The van der Waals surface area contributed by atoms with Crippen molar-refractivity contribution in [1.82, 2.24) is 19.6 Å². The lowest BCUT2D eigenvalue weighted by Gasteiger charge is -2.10. The predicted octanol–water partition coefficient (Wildman–Crippen LogP) is 4.81. The Balaban J connectivity index is 1.90. The van der Waals surface area contributed by atoms with E-state index in [1.54, 1.807) is 18.5 Å². The van der Waals surface area contributed by atoms with E-state index in [2.05, 4.69) is 24.2 Å². The van der Waals surface area contributed by atoms with Gasteiger partial charge in [-0.2, -0.15) is 19.6 Å². The van der Waals surface area contributed by atoms with Crippen LogP contribution >= 0.6 is 0 Å². The van der Waals surface area contributed by atoms with Gasteiger partial charge in [-0.15, -0.1) is 0 Å². The Labute approximate surface area is 164 Å². The van der Waals surface area contributed by atoms with Crippen molar-refractivity contribution < 1.29 is 4.79 Å². The van der Waals surface area contributed by atoms with Gasteiger partial charge in [-0.05, 0) is 18.1 Å². The van der Waals surface area contributed by atoms with E-state index in [4.69, 9.17) is 5.10 Å². The standard InChI is InChI=1S/C23H22N4O/c1-2-10-21-20(17-18-11-5-3-6-12-18)22(19-13-7-4-8-14-19)27(25-21)23(28)26-16-9-15-24-26/h3-9,11-16H,2,10,17H2,1H3. The van der Waals surface area contributed by atoms with Crippen molar-refractivity contribution in [3.05, 3.63) is 95.9 Å². The number of carbonyl (C=O) groups excluding carboxylic acids is 1. The summed E-state index contributed by atoms with van der Waals surface area (Å²) in [6.45, 7) is 2.13. The molecule has 0 saturated heterocycles. The third-order valence-corrected chi connectivity index (χ3v) is 4.71. The molecule has 0 radical (unpaired) electrons. The molecule has 0 aliphatic rings. The highest BCUT2D eigenvalue weighted by Gasteiger charge is 2.23. The van der Waals surface area contributed by atoms with Gasteiger partial charge in [0.05, 0.1) is 11.4 Å². The van der Waals surface area contributed by atoms with Gasteiger partial charge in [0.15, 0.2) is 0 Å². The first-order chi connectivity index (χ1) is 13.8. The zero-order valence-corrected chi connectivity index (χ0v) is 15.8. The largest absolute Gasteiger partial charge is 0.369 e. The summed E-state index contributed by atoms with van der Waals surface area (Å²) in [6.07, 6.45) is 5.76. The molecule has 0 atom stereocenters. The maximum absolute atomic E-state index is 13.1. The molecule has 0 saturated carbocycles. The maximum Gasteiger partial charge on any atom is 0.369 e. The minimum atomic E-state index is -0.277. The highest BCUT2D eigenvalue weighted by atomic mass is 16.2. The van der Waals surface area contributed by atoms with Gasteiger partial charge in [-0.3, -0.25) is 0 Å². The van der Waals surface area contributed by atoms with Gasteiger partial charge in [-0.25, -0.2) is 4.79 Å². The number of benzene rings is 2. The van der Waals surface area contributed by atoms with Gasteiger partial charge in [0, 0.05) is 29.9 Å². The molecule has 5 heteroatoms. The van der Waals surface area contributed by atoms with E-state index < -0.39 is 0 Å². The van der Waals surface area contributed by atoms with Gasteiger partial charge < -0.3 is 0 Å². The van der Waals surface area contributed by atoms with Gasteiger partial charge >= 0.3 is 6.03 Å². The molecule has 0 unspecified atom stereocenters. The van der Waals surface area contributed by atoms with Gasteiger partial charge in [0.1, 0.15) is 0 Å². The minimum absolute atomic E-state index is 0.277. The predicted molar refractivity (Wildman–Crippen MR) is 109 cm³/mol. The number of hydrogen-bond donors (Lipinski definition) is 0. The molecular formula is C23H22N4O. The number of hydrogen-bond acceptors (Lipinski definition) is 3. The molecule has 28 heavy (non-hydrogen) atoms. The Hall–Kier alpha value is -3.47. The molecule has 5 nitrogen and oxygen atoms in total. The van der Waals surface area contributed by atoms with Crippen LogP contribution in [0.4, 0.5) is 4.79 Å². The quantitative estimate of drug-likeness (QED) is 0.507. The molecule has 4 rings (SSSR count). The summed E-state index contributed by atoms with van der Waals surface area (Å²) in [5.41, 5.74) is 5.07. The van der Waals surface area contributed by atoms with Crippen molar-refractivity contribution in [2.45, 2.75) is 26.2 Å². The monoisotopic (exact) mass is 370 g/mol. The average Bonchev–Trinajstić information content (AvgIpc) is 3.38. The molecule has 140 valence electrons. The van der Waals surface area contributed by atoms with E-state index in [9.17, 15) is 4.79 Å². The molecule has 4 aromatic rings. The van der Waals surface area contributed by atoms with Crippen molar-refractivity contribution in [2.24, 2.45) is 0 Å². The summed E-state index contributed by atoms with van der Waals surface area (Å²) in [7, 11) is 0. The summed E-state index contributed by atoms with van der Waals surface area (Å²) >= 11 is 0. The summed E-state index contributed by atoms with van der Waals surface area (Å²) in [5, 5.41) is 8.84. The third kappa shape index (κ3) is 3.51. The zero-order valence-electron chi connectivity index (χ0n) is 15.8. The lowest BCUT2D eigenvalue weighted by molar-refractivity contribution is 0.238. The molecular weight excluding hydrogens is 348 g/mol. The molecule has 0 N–H and O–H groups in total. The molecule has 0 fully saturated rings. The first kappa shape index (κ1) is 17.9. The van der Waals surface area contributed by atoms with Crippen molar-refractivity contribution in [3.8, 4) is 11.3 Å². The molecule has 0 aliphatic heterocycles. The van der Waals surface area contributed by atoms with Gasteiger partial charge in [0.25, 0.3) is 0 Å². The lowest BCUT2D eigenvalue weighted by Crippen LogP contribution is -2.22. The van der Waals surface area contributed by atoms with Crippen molar-refractivity contribution in [1.29, 1.82) is 0 Å². The first-order valence-electron chi connectivity index (χ1n) is 9.52. The summed E-state index contributed by atoms with van der Waals surface area (Å²) in [5.74, 6) is 0. The number of aryl methyl sites for hydroxylation is 1. The van der Waals surface area contributed by atoms with Crippen LogP contribution in [-0.4, -0.2) is 25.6 Å². The molecule has 0 bridgehead atoms. The van der Waals surface area contributed by atoms with Gasteiger partial charge in [0.2, 0.25) is 0 Å². The highest BCUT2D eigenvalue weighted by Crippen LogP contribution is 2.29. The van der Waals surface area contributed by atoms with Crippen LogP contribution in [0.5, 0.6) is 0 Å². The lowest BCUT2D eigenvalue weighted by atomic mass is 9.97. The smallest absolute Gasteiger partial charge is 0.244 e. The van der Waals surface area contributed by atoms with Crippen LogP contribution in [-0.2, 0) is 12.8 Å². The normalized spacial score (nSPS) is 10.9. The summed E-state index contributed by atoms with van der Waals surface area (Å²) in [6, 6.07) is 21.8. The van der Waals surface area contributed by atoms with Crippen LogP contribution in [0.2, 0.25) is 0 Å². The van der Waals surface area contributed by atoms with Crippen LogP contribution in [0.1, 0.15) is 30.2 Å². The highest BCUT2D eigenvalue weighted by molar-refractivity contribution is 5.84. The number of rotatable bonds is 5. The summed E-state index contributed by atoms with van der Waals surface area (Å²) in [4.78, 5) is 13.1. The van der Waals surface area contributed by atoms with Crippen LogP contribution in [0, 0.1) is 0 Å². The Morgan fingerprint density at radius 1 is 0.964 bits per heavy atom. The molecule has 2 heterocycles. The fourth-order valence-electron chi connectivity index (χ4n) is 3.43. The van der Waals surface area contributed by atoms with Crippen LogP contribution in [0.3, 0.4) is 0 Å². The number of carbonyl (C=O) groups is 1. The van der Waals surface area contributed by atoms with Crippen molar-refractivity contribution in [2.75, 3.05) is 0 Å². The molecule has 2 aromatic carbocycles. The van der Waals surface area contributed by atoms with Crippen molar-refractivity contribution in [3.63, 3.8) is 0 Å². The van der Waals surface area contributed by atoms with Crippen LogP contribution in [0.15, 0.2) is 79.1 Å². The topological polar surface area (TPSA) is 52.7 Å². The van der Waals surface area contributed by atoms with Crippen LogP contribution in [0.25, 0.3) is 11.3 Å². The second kappa shape index (κ2) is 8.05. The third-order valence-electron chi connectivity index (χ3n) is 4.71. The van der Waals surface area contributed by atoms with E-state index in [0.29, 0.717) is 0 Å². The fourth-order valence-corrected chi connectivity index (χ4v) is 3.43. The SMILES string of the molecule is CCCc1nn(C(=O)n2cccn2)c(-c2ccccc2)c1Cc1ccccc1. The Morgan fingerprint density at radius 3 is 2.32 bits per heavy atom. The second-order valence-electron chi connectivity index (χ2n) is 6.70. The van der Waals surface area contributed by atoms with Crippen LogP contribution < -0.4 is 0 Å². The van der Waals surface area contributed by atoms with E-state index in [1.807, 2.05) is 48.5 Å². The second-order valence-corrected chi connectivity index (χ2v) is 6.70. The molecule has 0 aliphatic carbocycles. The van der Waals surface area contributed by atoms with E-state index in [0.717, 1.165) is 41.8 Å². The first-order valence-corrected chi connectivity index (χ1v) is 9.52. The van der Waals surface area contributed by atoms with E-state index in [1.165, 1.54) is 14.9 Å². The number of aromatic nitrogens is 4. The average molecular weight is 370 g/mol. The molecule has 0 amide bonds. The number of nitrogens with zero attached hydrogens (tertiary/aromatic N) is 4. The Morgan fingerprint density at radius 2 is 1.68 bits per heavy atom. The van der Waals surface area contributed by atoms with E-state index in [-0.39, 0.29) is 6.03 Å². The fraction of sp³-hybridized carbons (Fsp3) is 0.174. The Kier molecular flexibility index (Phi) is 5.15. The zero-order chi connectivity index (χ0) is 19.3. The summed E-state index contributed by atoms with van der Waals surface area (Å²) < 4.78 is 2.83. The Bertz CT molecular complexity index is 1050. The molecule has 2 aromatic heterocycles. The minimum Gasteiger partial charge on any atom is -0.244 e. The van der Waals surface area contributed by atoms with E-state index >= 15 is 0 Å². The van der Waals surface area contributed by atoms with Gasteiger partial charge in [-0.1, -0.05) is 74.0 Å². The van der Waals surface area contributed by atoms with Crippen molar-refractivity contribution >= 4 is 6.03 Å².